The lowest BCUT2D eigenvalue weighted by Gasteiger charge is -2.24. The van der Waals surface area contributed by atoms with E-state index in [1.807, 2.05) is 31.2 Å². The maximum absolute atomic E-state index is 12.5. The second-order valence-electron chi connectivity index (χ2n) is 6.05. The van der Waals surface area contributed by atoms with E-state index in [9.17, 15) is 9.00 Å². The number of benzene rings is 1. The van der Waals surface area contributed by atoms with Gasteiger partial charge in [-0.3, -0.25) is 9.00 Å². The van der Waals surface area contributed by atoms with Gasteiger partial charge in [-0.25, -0.2) is 0 Å². The molecule has 1 N–H and O–H groups in total. The Morgan fingerprint density at radius 1 is 1.30 bits per heavy atom. The highest BCUT2D eigenvalue weighted by Crippen LogP contribution is 2.21. The summed E-state index contributed by atoms with van der Waals surface area (Å²) in [5.41, 5.74) is 0.894. The molecule has 0 aliphatic heterocycles. The molecular weight excluding hydrogens is 310 g/mol. The lowest BCUT2D eigenvalue weighted by molar-refractivity contribution is -0.121. The molecule has 1 aliphatic rings. The number of nitrogens with one attached hydrogen (secondary N) is 1. The van der Waals surface area contributed by atoms with E-state index in [2.05, 4.69) is 5.32 Å². The Hall–Kier alpha value is -1.36. The van der Waals surface area contributed by atoms with Crippen LogP contribution in [0.5, 0.6) is 5.75 Å². The van der Waals surface area contributed by atoms with E-state index in [4.69, 9.17) is 4.74 Å². The summed E-state index contributed by atoms with van der Waals surface area (Å²) in [5, 5.41) is 2.55. The van der Waals surface area contributed by atoms with Gasteiger partial charge in [0.05, 0.1) is 12.4 Å². The van der Waals surface area contributed by atoms with Crippen molar-refractivity contribution >= 4 is 16.7 Å². The van der Waals surface area contributed by atoms with Crippen LogP contribution in [0.1, 0.15) is 51.5 Å². The van der Waals surface area contributed by atoms with Gasteiger partial charge >= 0.3 is 0 Å². The van der Waals surface area contributed by atoms with E-state index in [0.29, 0.717) is 12.4 Å². The molecule has 0 unspecified atom stereocenters. The summed E-state index contributed by atoms with van der Waals surface area (Å²) >= 11 is 0. The van der Waals surface area contributed by atoms with Gasteiger partial charge in [-0.15, -0.1) is 0 Å². The molecule has 1 fully saturated rings. The molecule has 1 aromatic rings. The molecule has 0 radical (unpaired) electrons. The van der Waals surface area contributed by atoms with Crippen molar-refractivity contribution in [1.82, 2.24) is 5.32 Å². The molecule has 1 aromatic carbocycles. The van der Waals surface area contributed by atoms with Gasteiger partial charge in [0.15, 0.2) is 0 Å². The smallest absolute Gasteiger partial charge is 0.235 e. The molecule has 0 spiro atoms. The van der Waals surface area contributed by atoms with Gasteiger partial charge < -0.3 is 10.1 Å². The van der Waals surface area contributed by atoms with Crippen molar-refractivity contribution in [1.29, 1.82) is 0 Å². The van der Waals surface area contributed by atoms with Gasteiger partial charge in [0.25, 0.3) is 0 Å². The molecule has 5 heteroatoms. The second-order valence-corrected chi connectivity index (χ2v) is 7.81. The van der Waals surface area contributed by atoms with Crippen molar-refractivity contribution < 1.29 is 13.7 Å². The Morgan fingerprint density at radius 2 is 2.00 bits per heavy atom. The van der Waals surface area contributed by atoms with E-state index >= 15 is 0 Å². The van der Waals surface area contributed by atoms with E-state index in [1.165, 1.54) is 19.3 Å². The van der Waals surface area contributed by atoms with Gasteiger partial charge in [-0.2, -0.15) is 0 Å². The fraction of sp³-hybridized carbons (Fsp3) is 0.611. The van der Waals surface area contributed by atoms with Crippen LogP contribution in [-0.2, 0) is 21.3 Å². The van der Waals surface area contributed by atoms with Crippen LogP contribution in [0.3, 0.4) is 0 Å². The zero-order valence-corrected chi connectivity index (χ0v) is 14.9. The molecule has 0 bridgehead atoms. The van der Waals surface area contributed by atoms with Crippen molar-refractivity contribution in [3.05, 3.63) is 29.8 Å². The molecule has 0 aromatic heterocycles. The molecule has 0 saturated heterocycles. The first kappa shape index (κ1) is 18.0. The topological polar surface area (TPSA) is 55.4 Å². The molecule has 0 heterocycles. The Kier molecular flexibility index (Phi) is 7.09. The normalized spacial score (nSPS) is 18.2. The molecule has 2 atom stereocenters. The fourth-order valence-electron chi connectivity index (χ4n) is 2.88. The van der Waals surface area contributed by atoms with Crippen LogP contribution in [0, 0.1) is 0 Å². The Bertz CT molecular complexity index is 541. The standard InChI is InChI=1S/C18H27NO3S/c1-3-22-17-12-8-7-9-15(17)13-23(21)14(2)18(20)19-16-10-5-4-6-11-16/h7-9,12,14,16H,3-6,10-11,13H2,1-2H3,(H,19,20)/t14-,23-/m1/s1. The minimum absolute atomic E-state index is 0.0934. The quantitative estimate of drug-likeness (QED) is 0.831. The van der Waals surface area contributed by atoms with Crippen LogP contribution in [0.15, 0.2) is 24.3 Å². The minimum atomic E-state index is -1.26. The Balaban J connectivity index is 1.92. The van der Waals surface area contributed by atoms with Crippen LogP contribution < -0.4 is 10.1 Å². The second kappa shape index (κ2) is 9.06. The molecule has 1 saturated carbocycles. The predicted molar refractivity (Wildman–Crippen MR) is 93.9 cm³/mol. The third kappa shape index (κ3) is 5.34. The maximum atomic E-state index is 12.5. The lowest BCUT2D eigenvalue weighted by atomic mass is 9.95. The number of rotatable bonds is 7. The largest absolute Gasteiger partial charge is 0.494 e. The van der Waals surface area contributed by atoms with E-state index in [-0.39, 0.29) is 11.9 Å². The molecule has 2 rings (SSSR count). The number of amides is 1. The van der Waals surface area contributed by atoms with Crippen LogP contribution >= 0.6 is 0 Å². The van der Waals surface area contributed by atoms with E-state index < -0.39 is 16.0 Å². The van der Waals surface area contributed by atoms with Gasteiger partial charge in [0.1, 0.15) is 11.0 Å². The van der Waals surface area contributed by atoms with Crippen molar-refractivity contribution in [2.45, 2.75) is 63.0 Å². The van der Waals surface area contributed by atoms with E-state index in [1.54, 1.807) is 6.92 Å². The number of ether oxygens (including phenoxy) is 1. The first-order valence-electron chi connectivity index (χ1n) is 8.50. The molecule has 1 aliphatic carbocycles. The summed E-state index contributed by atoms with van der Waals surface area (Å²) in [4.78, 5) is 12.3. The van der Waals surface area contributed by atoms with E-state index in [0.717, 1.165) is 24.2 Å². The van der Waals surface area contributed by atoms with Gasteiger partial charge in [0.2, 0.25) is 5.91 Å². The van der Waals surface area contributed by atoms with Crippen LogP contribution in [0.25, 0.3) is 0 Å². The van der Waals surface area contributed by atoms with Crippen molar-refractivity contribution in [2.75, 3.05) is 6.61 Å². The zero-order chi connectivity index (χ0) is 16.7. The minimum Gasteiger partial charge on any atom is -0.494 e. The number of hydrogen-bond donors (Lipinski definition) is 1. The predicted octanol–water partition coefficient (Wildman–Crippen LogP) is 3.17. The third-order valence-corrected chi connectivity index (χ3v) is 5.88. The third-order valence-electron chi connectivity index (χ3n) is 4.29. The highest BCUT2D eigenvalue weighted by atomic mass is 32.2. The zero-order valence-electron chi connectivity index (χ0n) is 14.0. The first-order valence-corrected chi connectivity index (χ1v) is 9.88. The highest BCUT2D eigenvalue weighted by Gasteiger charge is 2.24. The fourth-order valence-corrected chi connectivity index (χ4v) is 3.98. The van der Waals surface area contributed by atoms with Gasteiger partial charge in [-0.1, -0.05) is 37.5 Å². The summed E-state index contributed by atoms with van der Waals surface area (Å²) < 4.78 is 18.1. The molecule has 128 valence electrons. The highest BCUT2D eigenvalue weighted by molar-refractivity contribution is 7.85. The number of carbonyl (C=O) groups excluding carboxylic acids is 1. The average Bonchev–Trinajstić information content (AvgIpc) is 2.57. The summed E-state index contributed by atoms with van der Waals surface area (Å²) in [6.07, 6.45) is 5.67. The molecule has 23 heavy (non-hydrogen) atoms. The SMILES string of the molecule is CCOc1ccccc1C[S@@](=O)[C@H](C)C(=O)NC1CCCCC1. The summed E-state index contributed by atoms with van der Waals surface area (Å²) in [7, 11) is -1.26. The lowest BCUT2D eigenvalue weighted by Crippen LogP contribution is -2.42. The first-order chi connectivity index (χ1) is 11.1. The van der Waals surface area contributed by atoms with Crippen molar-refractivity contribution in [3.63, 3.8) is 0 Å². The van der Waals surface area contributed by atoms with Crippen LogP contribution in [-0.4, -0.2) is 28.0 Å². The molecule has 4 nitrogen and oxygen atoms in total. The van der Waals surface area contributed by atoms with Crippen LogP contribution in [0.2, 0.25) is 0 Å². The van der Waals surface area contributed by atoms with Gasteiger partial charge in [-0.05, 0) is 32.8 Å². The number of para-hydroxylation sites is 1. The summed E-state index contributed by atoms with van der Waals surface area (Å²) in [6, 6.07) is 7.85. The Morgan fingerprint density at radius 3 is 2.70 bits per heavy atom. The number of hydrogen-bond acceptors (Lipinski definition) is 3. The summed E-state index contributed by atoms with van der Waals surface area (Å²) in [5.74, 6) is 1.00. The van der Waals surface area contributed by atoms with Crippen molar-refractivity contribution in [3.8, 4) is 5.75 Å². The van der Waals surface area contributed by atoms with Gasteiger partial charge in [0, 0.05) is 22.4 Å². The molecular formula is C18H27NO3S. The van der Waals surface area contributed by atoms with Crippen molar-refractivity contribution in [2.24, 2.45) is 0 Å². The average molecular weight is 337 g/mol. The maximum Gasteiger partial charge on any atom is 0.235 e. The monoisotopic (exact) mass is 337 g/mol. The van der Waals surface area contributed by atoms with Crippen LogP contribution in [0.4, 0.5) is 0 Å². The molecule has 1 amide bonds. The summed E-state index contributed by atoms with van der Waals surface area (Å²) in [6.45, 7) is 4.24. The Labute approximate surface area is 141 Å². The number of carbonyl (C=O) groups is 1.